The molecule has 1 aliphatic rings. The Balaban J connectivity index is 1.76. The van der Waals surface area contributed by atoms with Crippen molar-refractivity contribution < 1.29 is 9.53 Å². The van der Waals surface area contributed by atoms with Crippen LogP contribution in [-0.2, 0) is 4.79 Å². The van der Waals surface area contributed by atoms with E-state index in [0.29, 0.717) is 23.9 Å². The second-order valence-electron chi connectivity index (χ2n) is 6.63. The molecule has 2 rings (SSSR count). The average Bonchev–Trinajstić information content (AvgIpc) is 2.76. The highest BCUT2D eigenvalue weighted by Gasteiger charge is 2.64. The highest BCUT2D eigenvalue weighted by molar-refractivity contribution is 5.77. The number of amides is 1. The molecule has 1 amide bonds. The van der Waals surface area contributed by atoms with Gasteiger partial charge in [0.05, 0.1) is 5.69 Å². The largest absolute Gasteiger partial charge is 0.482 e. The Morgan fingerprint density at radius 3 is 2.40 bits per heavy atom. The minimum absolute atomic E-state index is 0.00178. The monoisotopic (exact) mass is 276 g/mol. The third-order valence-corrected chi connectivity index (χ3v) is 5.10. The van der Waals surface area contributed by atoms with Gasteiger partial charge in [-0.2, -0.15) is 0 Å². The summed E-state index contributed by atoms with van der Waals surface area (Å²) in [6.45, 7) is 9.67. The van der Waals surface area contributed by atoms with Crippen LogP contribution in [0, 0.1) is 16.7 Å². The molecular weight excluding hydrogens is 252 g/mol. The van der Waals surface area contributed by atoms with Crippen molar-refractivity contribution in [2.24, 2.45) is 16.7 Å². The molecule has 3 N–H and O–H groups in total. The standard InChI is InChI=1S/C16H24N2O2/c1-15(2)13(16(15,3)4)9-18-14(19)10-20-12-8-6-5-7-11(12)17/h5-8,13H,9-10,17H2,1-4H3,(H,18,19). The average molecular weight is 276 g/mol. The van der Waals surface area contributed by atoms with Crippen LogP contribution in [0.4, 0.5) is 5.69 Å². The van der Waals surface area contributed by atoms with Crippen molar-refractivity contribution in [2.45, 2.75) is 27.7 Å². The predicted octanol–water partition coefficient (Wildman–Crippen LogP) is 2.45. The van der Waals surface area contributed by atoms with Crippen LogP contribution in [0.2, 0.25) is 0 Å². The zero-order valence-corrected chi connectivity index (χ0v) is 12.7. The molecule has 4 heteroatoms. The lowest BCUT2D eigenvalue weighted by Crippen LogP contribution is -2.31. The van der Waals surface area contributed by atoms with Crippen molar-refractivity contribution in [3.63, 3.8) is 0 Å². The number of carbonyl (C=O) groups excluding carboxylic acids is 1. The van der Waals surface area contributed by atoms with E-state index in [1.54, 1.807) is 12.1 Å². The molecule has 0 spiro atoms. The molecule has 4 nitrogen and oxygen atoms in total. The minimum Gasteiger partial charge on any atom is -0.482 e. The van der Waals surface area contributed by atoms with Gasteiger partial charge >= 0.3 is 0 Å². The summed E-state index contributed by atoms with van der Waals surface area (Å²) in [5.41, 5.74) is 6.86. The fraction of sp³-hybridized carbons (Fsp3) is 0.562. The molecule has 1 saturated carbocycles. The number of anilines is 1. The van der Waals surface area contributed by atoms with Crippen LogP contribution >= 0.6 is 0 Å². The van der Waals surface area contributed by atoms with Crippen LogP contribution in [-0.4, -0.2) is 19.1 Å². The van der Waals surface area contributed by atoms with E-state index in [1.165, 1.54) is 0 Å². The summed E-state index contributed by atoms with van der Waals surface area (Å²) in [6, 6.07) is 7.18. The summed E-state index contributed by atoms with van der Waals surface area (Å²) < 4.78 is 5.42. The van der Waals surface area contributed by atoms with Crippen LogP contribution in [0.3, 0.4) is 0 Å². The molecular formula is C16H24N2O2. The zero-order valence-electron chi connectivity index (χ0n) is 12.7. The van der Waals surface area contributed by atoms with Gasteiger partial charge in [-0.25, -0.2) is 0 Å². The minimum atomic E-state index is -0.105. The van der Waals surface area contributed by atoms with Crippen LogP contribution in [0.1, 0.15) is 27.7 Å². The van der Waals surface area contributed by atoms with Gasteiger partial charge in [0.25, 0.3) is 5.91 Å². The number of hydrogen-bond donors (Lipinski definition) is 2. The highest BCUT2D eigenvalue weighted by atomic mass is 16.5. The van der Waals surface area contributed by atoms with Crippen molar-refractivity contribution in [3.8, 4) is 5.75 Å². The SMILES string of the molecule is CC1(C)C(CNC(=O)COc2ccccc2N)C1(C)C. The third kappa shape index (κ3) is 2.60. The maximum atomic E-state index is 11.8. The van der Waals surface area contributed by atoms with Crippen molar-refractivity contribution >= 4 is 11.6 Å². The first kappa shape index (κ1) is 14.7. The molecule has 1 aliphatic carbocycles. The number of benzene rings is 1. The topological polar surface area (TPSA) is 64.3 Å². The molecule has 0 atom stereocenters. The number of rotatable bonds is 5. The molecule has 110 valence electrons. The number of hydrogen-bond acceptors (Lipinski definition) is 3. The molecule has 0 radical (unpaired) electrons. The van der Waals surface area contributed by atoms with Gasteiger partial charge in [0, 0.05) is 6.54 Å². The molecule has 0 aromatic heterocycles. The molecule has 1 aromatic rings. The molecule has 1 aromatic carbocycles. The fourth-order valence-corrected chi connectivity index (χ4v) is 2.87. The molecule has 0 unspecified atom stereocenters. The fourth-order valence-electron chi connectivity index (χ4n) is 2.87. The predicted molar refractivity (Wildman–Crippen MR) is 80.4 cm³/mol. The summed E-state index contributed by atoms with van der Waals surface area (Å²) >= 11 is 0. The van der Waals surface area contributed by atoms with Gasteiger partial charge in [0.15, 0.2) is 6.61 Å². The Kier molecular flexibility index (Phi) is 3.67. The molecule has 20 heavy (non-hydrogen) atoms. The van der Waals surface area contributed by atoms with Crippen LogP contribution in [0.25, 0.3) is 0 Å². The second kappa shape index (κ2) is 5.00. The molecule has 1 fully saturated rings. The van der Waals surface area contributed by atoms with Crippen LogP contribution in [0.15, 0.2) is 24.3 Å². The van der Waals surface area contributed by atoms with Crippen molar-refractivity contribution in [2.75, 3.05) is 18.9 Å². The van der Waals surface area contributed by atoms with Crippen molar-refractivity contribution in [1.82, 2.24) is 5.32 Å². The smallest absolute Gasteiger partial charge is 0.257 e. The Morgan fingerprint density at radius 2 is 1.85 bits per heavy atom. The van der Waals surface area contributed by atoms with Gasteiger partial charge in [0.1, 0.15) is 5.75 Å². The van der Waals surface area contributed by atoms with Gasteiger partial charge < -0.3 is 15.8 Å². The number of nitrogens with one attached hydrogen (secondary N) is 1. The maximum Gasteiger partial charge on any atom is 0.257 e. The Labute approximate surface area is 120 Å². The molecule has 0 saturated heterocycles. The summed E-state index contributed by atoms with van der Waals surface area (Å²) in [5.74, 6) is 0.960. The van der Waals surface area contributed by atoms with E-state index in [1.807, 2.05) is 12.1 Å². The summed E-state index contributed by atoms with van der Waals surface area (Å²) in [7, 11) is 0. The lowest BCUT2D eigenvalue weighted by atomic mass is 10.0. The first-order valence-electron chi connectivity index (χ1n) is 7.01. The van der Waals surface area contributed by atoms with E-state index in [9.17, 15) is 4.79 Å². The number of para-hydroxylation sites is 2. The Hall–Kier alpha value is -1.71. The van der Waals surface area contributed by atoms with E-state index in [-0.39, 0.29) is 23.3 Å². The lowest BCUT2D eigenvalue weighted by molar-refractivity contribution is -0.123. The number of nitrogens with two attached hydrogens (primary N) is 1. The lowest BCUT2D eigenvalue weighted by Gasteiger charge is -2.09. The van der Waals surface area contributed by atoms with Crippen LogP contribution < -0.4 is 15.8 Å². The Bertz CT molecular complexity index is 495. The van der Waals surface area contributed by atoms with E-state index >= 15 is 0 Å². The van der Waals surface area contributed by atoms with Gasteiger partial charge in [0.2, 0.25) is 0 Å². The normalized spacial score (nSPS) is 19.4. The second-order valence-corrected chi connectivity index (χ2v) is 6.63. The Morgan fingerprint density at radius 1 is 1.25 bits per heavy atom. The van der Waals surface area contributed by atoms with Gasteiger partial charge in [-0.1, -0.05) is 39.8 Å². The molecule has 0 heterocycles. The van der Waals surface area contributed by atoms with Crippen molar-refractivity contribution in [3.05, 3.63) is 24.3 Å². The van der Waals surface area contributed by atoms with Gasteiger partial charge in [-0.3, -0.25) is 4.79 Å². The summed E-state index contributed by atoms with van der Waals surface area (Å²) in [5, 5.41) is 2.94. The summed E-state index contributed by atoms with van der Waals surface area (Å²) in [4.78, 5) is 11.8. The summed E-state index contributed by atoms with van der Waals surface area (Å²) in [6.07, 6.45) is 0. The number of nitrogen functional groups attached to an aromatic ring is 1. The zero-order chi connectivity index (χ0) is 15.0. The van der Waals surface area contributed by atoms with Crippen LogP contribution in [0.5, 0.6) is 5.75 Å². The molecule has 0 aliphatic heterocycles. The first-order chi connectivity index (χ1) is 9.26. The number of ether oxygens (including phenoxy) is 1. The van der Waals surface area contributed by atoms with Gasteiger partial charge in [-0.15, -0.1) is 0 Å². The first-order valence-corrected chi connectivity index (χ1v) is 7.01. The molecule has 0 bridgehead atoms. The van der Waals surface area contributed by atoms with E-state index in [2.05, 4.69) is 33.0 Å². The quantitative estimate of drug-likeness (QED) is 0.812. The third-order valence-electron chi connectivity index (χ3n) is 5.10. The number of carbonyl (C=O) groups is 1. The highest BCUT2D eigenvalue weighted by Crippen LogP contribution is 2.67. The van der Waals surface area contributed by atoms with Gasteiger partial charge in [-0.05, 0) is 28.9 Å². The van der Waals surface area contributed by atoms with E-state index < -0.39 is 0 Å². The maximum absolute atomic E-state index is 11.8. The van der Waals surface area contributed by atoms with Crippen molar-refractivity contribution in [1.29, 1.82) is 0 Å². The van der Waals surface area contributed by atoms with E-state index in [0.717, 1.165) is 0 Å². The van der Waals surface area contributed by atoms with E-state index in [4.69, 9.17) is 10.5 Å².